The Morgan fingerprint density at radius 2 is 1.66 bits per heavy atom. The fraction of sp³-hybridized carbons (Fsp3) is 0.320. The molecule has 0 radical (unpaired) electrons. The summed E-state index contributed by atoms with van der Waals surface area (Å²) in [7, 11) is 0. The topological polar surface area (TPSA) is 51.5 Å². The molecule has 29 heavy (non-hydrogen) atoms. The maximum Gasteiger partial charge on any atom is 0.287 e. The lowest BCUT2D eigenvalue weighted by atomic mass is 9.99. The highest BCUT2D eigenvalue weighted by Gasteiger charge is 2.17. The molecular weight excluding hydrogens is 362 g/mol. The van der Waals surface area contributed by atoms with Crippen LogP contribution in [0.1, 0.15) is 73.0 Å². The van der Waals surface area contributed by atoms with E-state index in [1.54, 1.807) is 12.1 Å². The average molecular weight is 392 g/mol. The Labute approximate surface area is 172 Å². The van der Waals surface area contributed by atoms with Gasteiger partial charge in [-0.3, -0.25) is 4.79 Å². The number of ether oxygens (including phenoxy) is 1. The molecule has 4 heteroatoms. The molecule has 1 heterocycles. The largest absolute Gasteiger partial charge is 0.486 e. The smallest absolute Gasteiger partial charge is 0.287 e. The highest BCUT2D eigenvalue weighted by Crippen LogP contribution is 2.22. The summed E-state index contributed by atoms with van der Waals surface area (Å²) in [6, 6.07) is 21.5. The van der Waals surface area contributed by atoms with E-state index in [-0.39, 0.29) is 18.6 Å². The molecule has 0 saturated carbocycles. The monoisotopic (exact) mass is 391 g/mol. The van der Waals surface area contributed by atoms with Crippen LogP contribution in [0, 0.1) is 0 Å². The van der Waals surface area contributed by atoms with Crippen LogP contribution in [0.3, 0.4) is 0 Å². The van der Waals surface area contributed by atoms with Crippen LogP contribution < -0.4 is 10.1 Å². The number of rotatable bonds is 9. The Morgan fingerprint density at radius 3 is 2.31 bits per heavy atom. The van der Waals surface area contributed by atoms with Crippen molar-refractivity contribution in [1.29, 1.82) is 0 Å². The maximum absolute atomic E-state index is 12.6. The summed E-state index contributed by atoms with van der Waals surface area (Å²) in [4.78, 5) is 12.6. The zero-order chi connectivity index (χ0) is 20.6. The first-order chi connectivity index (χ1) is 14.1. The molecule has 3 aromatic rings. The second-order valence-electron chi connectivity index (χ2n) is 7.28. The van der Waals surface area contributed by atoms with E-state index in [1.165, 1.54) is 5.56 Å². The fourth-order valence-electron chi connectivity index (χ4n) is 3.20. The minimum atomic E-state index is -0.218. The number of amides is 1. The number of nitrogens with one attached hydrogen (secondary N) is 1. The van der Waals surface area contributed by atoms with Crippen molar-refractivity contribution in [3.63, 3.8) is 0 Å². The van der Waals surface area contributed by atoms with E-state index in [9.17, 15) is 4.79 Å². The molecule has 4 nitrogen and oxygen atoms in total. The van der Waals surface area contributed by atoms with Crippen LogP contribution in [0.4, 0.5) is 0 Å². The van der Waals surface area contributed by atoms with E-state index in [4.69, 9.17) is 9.15 Å². The SMILES string of the molecule is CCC(C)c1ccc(OCc2ccc(C(=O)NC(CC)c3ccccc3)o2)cc1. The molecule has 1 amide bonds. The lowest BCUT2D eigenvalue weighted by Gasteiger charge is -2.16. The number of carbonyl (C=O) groups is 1. The van der Waals surface area contributed by atoms with Crippen molar-refractivity contribution in [2.45, 2.75) is 52.2 Å². The lowest BCUT2D eigenvalue weighted by molar-refractivity contribution is 0.0903. The van der Waals surface area contributed by atoms with E-state index in [0.717, 1.165) is 24.2 Å². The van der Waals surface area contributed by atoms with Crippen molar-refractivity contribution >= 4 is 5.91 Å². The molecule has 2 aromatic carbocycles. The van der Waals surface area contributed by atoms with E-state index in [0.29, 0.717) is 17.4 Å². The molecule has 3 rings (SSSR count). The van der Waals surface area contributed by atoms with Crippen LogP contribution in [0.5, 0.6) is 5.75 Å². The fourth-order valence-corrected chi connectivity index (χ4v) is 3.20. The van der Waals surface area contributed by atoms with Gasteiger partial charge in [0.25, 0.3) is 5.91 Å². The summed E-state index contributed by atoms with van der Waals surface area (Å²) in [5, 5.41) is 3.04. The van der Waals surface area contributed by atoms with Gasteiger partial charge in [0.05, 0.1) is 6.04 Å². The summed E-state index contributed by atoms with van der Waals surface area (Å²) in [6.45, 7) is 6.73. The van der Waals surface area contributed by atoms with Crippen LogP contribution in [0.25, 0.3) is 0 Å². The second-order valence-corrected chi connectivity index (χ2v) is 7.28. The molecule has 0 aliphatic carbocycles. The summed E-state index contributed by atoms with van der Waals surface area (Å²) >= 11 is 0. The summed E-state index contributed by atoms with van der Waals surface area (Å²) in [5.74, 6) is 2.02. The van der Waals surface area contributed by atoms with Gasteiger partial charge < -0.3 is 14.5 Å². The first-order valence-electron chi connectivity index (χ1n) is 10.3. The molecule has 0 bridgehead atoms. The average Bonchev–Trinajstić information content (AvgIpc) is 3.25. The first kappa shape index (κ1) is 20.7. The molecule has 0 saturated heterocycles. The van der Waals surface area contributed by atoms with Crippen molar-refractivity contribution < 1.29 is 13.9 Å². The third-order valence-electron chi connectivity index (χ3n) is 5.24. The summed E-state index contributed by atoms with van der Waals surface area (Å²) < 4.78 is 11.5. The van der Waals surface area contributed by atoms with Gasteiger partial charge in [-0.1, -0.05) is 63.2 Å². The predicted octanol–water partition coefficient (Wildman–Crippen LogP) is 6.25. The highest BCUT2D eigenvalue weighted by atomic mass is 16.5. The molecule has 152 valence electrons. The summed E-state index contributed by atoms with van der Waals surface area (Å²) in [5.41, 5.74) is 2.39. The third-order valence-corrected chi connectivity index (χ3v) is 5.24. The van der Waals surface area contributed by atoms with Crippen LogP contribution >= 0.6 is 0 Å². The van der Waals surface area contributed by atoms with Gasteiger partial charge in [-0.2, -0.15) is 0 Å². The van der Waals surface area contributed by atoms with Gasteiger partial charge >= 0.3 is 0 Å². The molecule has 0 aliphatic rings. The minimum absolute atomic E-state index is 0.0440. The Hall–Kier alpha value is -3.01. The second kappa shape index (κ2) is 9.97. The number of furan rings is 1. The van der Waals surface area contributed by atoms with Crippen molar-refractivity contribution in [3.8, 4) is 5.75 Å². The van der Waals surface area contributed by atoms with Crippen molar-refractivity contribution in [2.24, 2.45) is 0 Å². The quantitative estimate of drug-likeness (QED) is 0.469. The molecule has 0 aliphatic heterocycles. The lowest BCUT2D eigenvalue weighted by Crippen LogP contribution is -2.27. The first-order valence-corrected chi connectivity index (χ1v) is 10.3. The van der Waals surface area contributed by atoms with E-state index in [2.05, 4.69) is 31.3 Å². The van der Waals surface area contributed by atoms with Crippen molar-refractivity contribution in [1.82, 2.24) is 5.32 Å². The van der Waals surface area contributed by atoms with Crippen molar-refractivity contribution in [3.05, 3.63) is 89.4 Å². The zero-order valence-corrected chi connectivity index (χ0v) is 17.4. The van der Waals surface area contributed by atoms with Gasteiger partial charge in [-0.05, 0) is 54.2 Å². The van der Waals surface area contributed by atoms with Gasteiger partial charge in [-0.25, -0.2) is 0 Å². The van der Waals surface area contributed by atoms with Gasteiger partial charge in [0.1, 0.15) is 18.1 Å². The van der Waals surface area contributed by atoms with Gasteiger partial charge in [0.15, 0.2) is 5.76 Å². The Morgan fingerprint density at radius 1 is 0.931 bits per heavy atom. The minimum Gasteiger partial charge on any atom is -0.486 e. The Kier molecular flexibility index (Phi) is 7.12. The van der Waals surface area contributed by atoms with Crippen LogP contribution in [0.15, 0.2) is 71.1 Å². The zero-order valence-electron chi connectivity index (χ0n) is 17.4. The van der Waals surface area contributed by atoms with E-state index >= 15 is 0 Å². The van der Waals surface area contributed by atoms with Gasteiger partial charge in [-0.15, -0.1) is 0 Å². The van der Waals surface area contributed by atoms with E-state index < -0.39 is 0 Å². The Balaban J connectivity index is 1.56. The predicted molar refractivity (Wildman–Crippen MR) is 115 cm³/mol. The number of carbonyl (C=O) groups excluding carboxylic acids is 1. The van der Waals surface area contributed by atoms with Crippen LogP contribution in [-0.4, -0.2) is 5.91 Å². The molecular formula is C25H29NO3. The Bertz CT molecular complexity index is 899. The highest BCUT2D eigenvalue weighted by molar-refractivity contribution is 5.91. The number of hydrogen-bond donors (Lipinski definition) is 1. The molecule has 2 atom stereocenters. The normalized spacial score (nSPS) is 12.9. The molecule has 2 unspecified atom stereocenters. The van der Waals surface area contributed by atoms with Crippen LogP contribution in [-0.2, 0) is 6.61 Å². The van der Waals surface area contributed by atoms with Crippen molar-refractivity contribution in [2.75, 3.05) is 0 Å². The number of benzene rings is 2. The van der Waals surface area contributed by atoms with Gasteiger partial charge in [0, 0.05) is 0 Å². The van der Waals surface area contributed by atoms with E-state index in [1.807, 2.05) is 49.4 Å². The summed E-state index contributed by atoms with van der Waals surface area (Å²) in [6.07, 6.45) is 1.92. The molecule has 1 aromatic heterocycles. The van der Waals surface area contributed by atoms with Crippen LogP contribution in [0.2, 0.25) is 0 Å². The number of hydrogen-bond acceptors (Lipinski definition) is 3. The van der Waals surface area contributed by atoms with Gasteiger partial charge in [0.2, 0.25) is 0 Å². The molecule has 1 N–H and O–H groups in total. The third kappa shape index (κ3) is 5.50. The maximum atomic E-state index is 12.6. The standard InChI is InChI=1S/C25H29NO3/c1-4-18(3)19-11-13-21(14-12-19)28-17-22-15-16-24(29-22)25(27)26-23(5-2)20-9-7-6-8-10-20/h6-16,18,23H,4-5,17H2,1-3H3,(H,26,27). The molecule has 0 fully saturated rings. The molecule has 0 spiro atoms.